The number of hydrogen-bond acceptors (Lipinski definition) is 3. The minimum Gasteiger partial charge on any atom is -0.459 e. The van der Waals surface area contributed by atoms with E-state index in [0.717, 1.165) is 17.8 Å². The van der Waals surface area contributed by atoms with E-state index in [4.69, 9.17) is 4.42 Å². The third-order valence-corrected chi connectivity index (χ3v) is 5.21. The van der Waals surface area contributed by atoms with Gasteiger partial charge in [-0.2, -0.15) is 0 Å². The van der Waals surface area contributed by atoms with Crippen LogP contribution in [0.2, 0.25) is 0 Å². The van der Waals surface area contributed by atoms with Crippen LogP contribution in [0.15, 0.2) is 59.3 Å². The van der Waals surface area contributed by atoms with Crippen LogP contribution < -0.4 is 5.32 Å². The van der Waals surface area contributed by atoms with Gasteiger partial charge >= 0.3 is 0 Å². The van der Waals surface area contributed by atoms with Gasteiger partial charge in [0.25, 0.3) is 0 Å². The molecular formula is C21H18FN3O2. The summed E-state index contributed by atoms with van der Waals surface area (Å²) in [5.41, 5.74) is 1.64. The monoisotopic (exact) mass is 363 g/mol. The molecule has 5 nitrogen and oxygen atoms in total. The fourth-order valence-corrected chi connectivity index (χ4v) is 3.65. The molecule has 3 atom stereocenters. The third kappa shape index (κ3) is 2.77. The van der Waals surface area contributed by atoms with Crippen LogP contribution in [0.1, 0.15) is 36.9 Å². The molecule has 5 rings (SSSR count). The Balaban J connectivity index is 1.30. The van der Waals surface area contributed by atoms with Crippen LogP contribution in [0.3, 0.4) is 0 Å². The molecule has 0 spiro atoms. The Morgan fingerprint density at radius 1 is 1.33 bits per heavy atom. The second-order valence-corrected chi connectivity index (χ2v) is 7.12. The van der Waals surface area contributed by atoms with E-state index >= 15 is 0 Å². The number of halogens is 1. The van der Waals surface area contributed by atoms with E-state index < -0.39 is 0 Å². The Bertz CT molecular complexity index is 1160. The SMILES string of the molecule is CC(NC(=O)[C@@H]1C[C@H]1c1ncc2ccccn12)c1cc2cc(F)ccc2o1. The van der Waals surface area contributed by atoms with Gasteiger partial charge in [0.15, 0.2) is 0 Å². The van der Waals surface area contributed by atoms with Crippen LogP contribution in [0.5, 0.6) is 0 Å². The first-order chi connectivity index (χ1) is 13.1. The third-order valence-electron chi connectivity index (χ3n) is 5.21. The molecule has 6 heteroatoms. The summed E-state index contributed by atoms with van der Waals surface area (Å²) < 4.78 is 21.1. The number of pyridine rings is 1. The van der Waals surface area contributed by atoms with Crippen molar-refractivity contribution in [2.45, 2.75) is 25.3 Å². The van der Waals surface area contributed by atoms with Crippen molar-refractivity contribution in [3.05, 3.63) is 72.3 Å². The lowest BCUT2D eigenvalue weighted by atomic mass is 10.2. The summed E-state index contributed by atoms with van der Waals surface area (Å²) in [6.45, 7) is 1.87. The topological polar surface area (TPSA) is 59.5 Å². The summed E-state index contributed by atoms with van der Waals surface area (Å²) in [6.07, 6.45) is 4.60. The zero-order chi connectivity index (χ0) is 18.5. The van der Waals surface area contributed by atoms with Crippen molar-refractivity contribution in [3.8, 4) is 0 Å². The molecule has 27 heavy (non-hydrogen) atoms. The normalized spacial score (nSPS) is 20.1. The second-order valence-electron chi connectivity index (χ2n) is 7.12. The largest absolute Gasteiger partial charge is 0.459 e. The molecule has 1 aliphatic rings. The van der Waals surface area contributed by atoms with Gasteiger partial charge in [0.1, 0.15) is 23.0 Å². The number of amides is 1. The Morgan fingerprint density at radius 2 is 2.22 bits per heavy atom. The van der Waals surface area contributed by atoms with Gasteiger partial charge < -0.3 is 14.1 Å². The smallest absolute Gasteiger partial charge is 0.224 e. The Hall–Kier alpha value is -3.15. The van der Waals surface area contributed by atoms with E-state index in [0.29, 0.717) is 16.7 Å². The molecule has 0 bridgehead atoms. The summed E-state index contributed by atoms with van der Waals surface area (Å²) in [7, 11) is 0. The summed E-state index contributed by atoms with van der Waals surface area (Å²) in [4.78, 5) is 17.1. The molecule has 4 aromatic rings. The molecule has 1 amide bonds. The minimum absolute atomic E-state index is 0.00758. The Labute approximate surface area is 154 Å². The standard InChI is InChI=1S/C21H18FN3O2/c1-12(19-9-13-8-14(22)5-6-18(13)27-19)24-21(26)17-10-16(17)20-23-11-15-4-2-3-7-25(15)20/h2-9,11-12,16-17H,10H2,1H3,(H,24,26)/t12?,16-,17-/m1/s1. The van der Waals surface area contributed by atoms with Crippen molar-refractivity contribution in [1.29, 1.82) is 0 Å². The van der Waals surface area contributed by atoms with E-state index in [-0.39, 0.29) is 29.6 Å². The molecule has 0 saturated heterocycles. The van der Waals surface area contributed by atoms with Gasteiger partial charge in [0, 0.05) is 23.4 Å². The van der Waals surface area contributed by atoms with Gasteiger partial charge in [-0.25, -0.2) is 9.37 Å². The van der Waals surface area contributed by atoms with Gasteiger partial charge in [-0.05, 0) is 49.7 Å². The summed E-state index contributed by atoms with van der Waals surface area (Å²) >= 11 is 0. The van der Waals surface area contributed by atoms with Crippen LogP contribution in [0, 0.1) is 11.7 Å². The van der Waals surface area contributed by atoms with Crippen molar-refractivity contribution in [2.24, 2.45) is 5.92 Å². The number of furan rings is 1. The summed E-state index contributed by atoms with van der Waals surface area (Å²) in [6, 6.07) is 11.8. The predicted octanol–water partition coefficient (Wildman–Crippen LogP) is 4.20. The molecule has 3 aromatic heterocycles. The minimum atomic E-state index is -0.306. The molecule has 1 N–H and O–H groups in total. The van der Waals surface area contributed by atoms with Crippen molar-refractivity contribution in [3.63, 3.8) is 0 Å². The van der Waals surface area contributed by atoms with Gasteiger partial charge in [0.05, 0.1) is 17.8 Å². The first-order valence-corrected chi connectivity index (χ1v) is 9.01. The first-order valence-electron chi connectivity index (χ1n) is 9.01. The number of nitrogens with zero attached hydrogens (tertiary/aromatic N) is 2. The zero-order valence-electron chi connectivity index (χ0n) is 14.7. The number of fused-ring (bicyclic) bond motifs is 2. The van der Waals surface area contributed by atoms with Crippen LogP contribution >= 0.6 is 0 Å². The van der Waals surface area contributed by atoms with Crippen LogP contribution in [0.4, 0.5) is 4.39 Å². The number of carbonyl (C=O) groups is 1. The molecule has 1 fully saturated rings. The van der Waals surface area contributed by atoms with Crippen molar-refractivity contribution in [2.75, 3.05) is 0 Å². The quantitative estimate of drug-likeness (QED) is 0.591. The Morgan fingerprint density at radius 3 is 3.11 bits per heavy atom. The first kappa shape index (κ1) is 16.1. The van der Waals surface area contributed by atoms with Gasteiger partial charge in [-0.3, -0.25) is 4.79 Å². The van der Waals surface area contributed by atoms with Crippen molar-refractivity contribution < 1.29 is 13.6 Å². The summed E-state index contributed by atoms with van der Waals surface area (Å²) in [5.74, 6) is 1.28. The van der Waals surface area contributed by atoms with E-state index in [9.17, 15) is 9.18 Å². The molecule has 1 aromatic carbocycles. The lowest BCUT2D eigenvalue weighted by Crippen LogP contribution is -2.28. The number of hydrogen-bond donors (Lipinski definition) is 1. The zero-order valence-corrected chi connectivity index (χ0v) is 14.7. The second kappa shape index (κ2) is 5.94. The highest BCUT2D eigenvalue weighted by molar-refractivity contribution is 5.83. The lowest BCUT2D eigenvalue weighted by Gasteiger charge is -2.11. The molecular weight excluding hydrogens is 345 g/mol. The number of benzene rings is 1. The predicted molar refractivity (Wildman–Crippen MR) is 98.8 cm³/mol. The molecule has 3 heterocycles. The van der Waals surface area contributed by atoms with Crippen molar-refractivity contribution in [1.82, 2.24) is 14.7 Å². The highest BCUT2D eigenvalue weighted by atomic mass is 19.1. The molecule has 1 unspecified atom stereocenters. The van der Waals surface area contributed by atoms with E-state index in [2.05, 4.69) is 10.3 Å². The maximum atomic E-state index is 13.3. The van der Waals surface area contributed by atoms with Crippen LogP contribution in [-0.4, -0.2) is 15.3 Å². The molecule has 1 aliphatic carbocycles. The van der Waals surface area contributed by atoms with E-state index in [1.54, 1.807) is 12.1 Å². The number of aromatic nitrogens is 2. The molecule has 0 aliphatic heterocycles. The average Bonchev–Trinajstić information content (AvgIpc) is 3.16. The fourth-order valence-electron chi connectivity index (χ4n) is 3.65. The molecule has 1 saturated carbocycles. The highest BCUT2D eigenvalue weighted by Gasteiger charge is 2.46. The van der Waals surface area contributed by atoms with Gasteiger partial charge in [0.2, 0.25) is 5.91 Å². The van der Waals surface area contributed by atoms with E-state index in [1.165, 1.54) is 12.1 Å². The van der Waals surface area contributed by atoms with Gasteiger partial charge in [-0.1, -0.05) is 6.07 Å². The average molecular weight is 363 g/mol. The van der Waals surface area contributed by atoms with E-state index in [1.807, 2.05) is 41.9 Å². The number of carbonyl (C=O) groups excluding carboxylic acids is 1. The fraction of sp³-hybridized carbons (Fsp3) is 0.238. The maximum absolute atomic E-state index is 13.3. The number of nitrogens with one attached hydrogen (secondary N) is 1. The van der Waals surface area contributed by atoms with Gasteiger partial charge in [-0.15, -0.1) is 0 Å². The van der Waals surface area contributed by atoms with Crippen LogP contribution in [-0.2, 0) is 4.79 Å². The molecule has 0 radical (unpaired) electrons. The highest BCUT2D eigenvalue weighted by Crippen LogP contribution is 2.47. The number of rotatable bonds is 4. The summed E-state index contributed by atoms with van der Waals surface area (Å²) in [5, 5.41) is 3.70. The maximum Gasteiger partial charge on any atom is 0.224 e. The number of imidazole rings is 1. The Kier molecular flexibility index (Phi) is 3.53. The molecule has 136 valence electrons. The van der Waals surface area contributed by atoms with Crippen LogP contribution in [0.25, 0.3) is 16.5 Å². The van der Waals surface area contributed by atoms with Crippen molar-refractivity contribution >= 4 is 22.4 Å². The lowest BCUT2D eigenvalue weighted by molar-refractivity contribution is -0.123.